The number of hydrogen-bond acceptors (Lipinski definition) is 3. The highest BCUT2D eigenvalue weighted by Crippen LogP contribution is 2.29. The first-order valence-corrected chi connectivity index (χ1v) is 6.10. The van der Waals surface area contributed by atoms with Crippen LogP contribution in [0.2, 0.25) is 5.02 Å². The minimum absolute atomic E-state index is 0.472. The second-order valence-corrected chi connectivity index (χ2v) is 4.75. The highest BCUT2D eigenvalue weighted by Gasteiger charge is 2.05. The maximum Gasteiger partial charge on any atom is 0.0762 e. The second-order valence-electron chi connectivity index (χ2n) is 3.21. The van der Waals surface area contributed by atoms with Gasteiger partial charge >= 0.3 is 0 Å². The molecule has 1 N–H and O–H groups in total. The Morgan fingerprint density at radius 1 is 1.53 bits per heavy atom. The number of hydrogen-bond donors (Lipinski definition) is 1. The summed E-state index contributed by atoms with van der Waals surface area (Å²) in [7, 11) is 1.68. The van der Waals surface area contributed by atoms with Gasteiger partial charge in [0.25, 0.3) is 0 Å². The zero-order valence-corrected chi connectivity index (χ0v) is 10.4. The number of aliphatic hydroxyl groups excluding tert-OH is 1. The summed E-state index contributed by atoms with van der Waals surface area (Å²) in [6, 6.07) is 5.64. The molecule has 1 aromatic carbocycles. The lowest BCUT2D eigenvalue weighted by atomic mass is 10.1. The third kappa shape index (κ3) is 4.03. The molecule has 0 aliphatic rings. The van der Waals surface area contributed by atoms with Gasteiger partial charge in [0, 0.05) is 17.8 Å². The minimum Gasteiger partial charge on any atom is -0.389 e. The van der Waals surface area contributed by atoms with E-state index in [-0.39, 0.29) is 0 Å². The molecule has 15 heavy (non-hydrogen) atoms. The van der Waals surface area contributed by atoms with Gasteiger partial charge in [-0.15, -0.1) is 11.8 Å². The van der Waals surface area contributed by atoms with Crippen LogP contribution in [-0.2, 0) is 4.74 Å². The molecule has 0 amide bonds. The third-order valence-electron chi connectivity index (χ3n) is 1.98. The Labute approximate surface area is 99.6 Å². The van der Waals surface area contributed by atoms with Gasteiger partial charge in [-0.2, -0.15) is 0 Å². The number of thioether (sulfide) groups is 1. The molecule has 0 radical (unpaired) electrons. The lowest BCUT2D eigenvalue weighted by molar-refractivity contribution is 0.199. The van der Waals surface area contributed by atoms with E-state index in [0.717, 1.165) is 16.2 Å². The Bertz CT molecular complexity index is 315. The fourth-order valence-electron chi connectivity index (χ4n) is 1.13. The van der Waals surface area contributed by atoms with Crippen molar-refractivity contribution >= 4 is 23.4 Å². The van der Waals surface area contributed by atoms with Crippen molar-refractivity contribution < 1.29 is 9.84 Å². The van der Waals surface area contributed by atoms with Gasteiger partial charge in [-0.05, 0) is 24.6 Å². The van der Waals surface area contributed by atoms with Crippen LogP contribution >= 0.6 is 23.4 Å². The molecule has 0 fully saturated rings. The first-order valence-electron chi connectivity index (χ1n) is 4.74. The number of benzene rings is 1. The maximum atomic E-state index is 9.37. The van der Waals surface area contributed by atoms with Gasteiger partial charge in [-0.1, -0.05) is 17.7 Å². The molecule has 0 aromatic heterocycles. The van der Waals surface area contributed by atoms with Crippen molar-refractivity contribution in [1.82, 2.24) is 0 Å². The summed E-state index contributed by atoms with van der Waals surface area (Å²) in [5.74, 6) is 0.879. The van der Waals surface area contributed by atoms with E-state index >= 15 is 0 Å². The zero-order valence-electron chi connectivity index (χ0n) is 8.87. The van der Waals surface area contributed by atoms with Gasteiger partial charge in [-0.25, -0.2) is 0 Å². The number of rotatable bonds is 5. The van der Waals surface area contributed by atoms with Crippen LogP contribution in [0.15, 0.2) is 23.1 Å². The molecule has 0 bridgehead atoms. The number of ether oxygens (including phenoxy) is 1. The smallest absolute Gasteiger partial charge is 0.0762 e. The summed E-state index contributed by atoms with van der Waals surface area (Å²) in [5, 5.41) is 10.1. The Kier molecular flexibility index (Phi) is 5.47. The average Bonchev–Trinajstić information content (AvgIpc) is 2.20. The van der Waals surface area contributed by atoms with Crippen LogP contribution in [0.4, 0.5) is 0 Å². The summed E-state index contributed by atoms with van der Waals surface area (Å²) in [4.78, 5) is 1.03. The van der Waals surface area contributed by atoms with Gasteiger partial charge in [-0.3, -0.25) is 0 Å². The van der Waals surface area contributed by atoms with Crippen LogP contribution in [0.25, 0.3) is 0 Å². The van der Waals surface area contributed by atoms with E-state index in [9.17, 15) is 5.11 Å². The molecule has 1 aromatic rings. The zero-order chi connectivity index (χ0) is 11.3. The molecular weight excluding hydrogens is 232 g/mol. The predicted molar refractivity (Wildman–Crippen MR) is 64.7 cm³/mol. The second kappa shape index (κ2) is 6.38. The highest BCUT2D eigenvalue weighted by atomic mass is 35.5. The van der Waals surface area contributed by atoms with E-state index in [2.05, 4.69) is 0 Å². The van der Waals surface area contributed by atoms with Crippen molar-refractivity contribution in [1.29, 1.82) is 0 Å². The normalized spacial score (nSPS) is 12.8. The van der Waals surface area contributed by atoms with E-state index in [0.29, 0.717) is 11.6 Å². The summed E-state index contributed by atoms with van der Waals surface area (Å²) < 4.78 is 4.96. The van der Waals surface area contributed by atoms with Crippen LogP contribution in [0.1, 0.15) is 18.6 Å². The fraction of sp³-hybridized carbons (Fsp3) is 0.455. The van der Waals surface area contributed by atoms with Gasteiger partial charge in [0.2, 0.25) is 0 Å². The standard InChI is InChI=1S/C11H15ClO2S/c1-8(13)9-3-4-11(10(12)7-9)15-6-5-14-2/h3-4,7-8,13H,5-6H2,1-2H3. The van der Waals surface area contributed by atoms with E-state index in [4.69, 9.17) is 16.3 Å². The van der Waals surface area contributed by atoms with Gasteiger partial charge < -0.3 is 9.84 Å². The van der Waals surface area contributed by atoms with Crippen molar-refractivity contribution in [2.24, 2.45) is 0 Å². The number of methoxy groups -OCH3 is 1. The summed E-state index contributed by atoms with van der Waals surface area (Å²) in [6.45, 7) is 2.43. The van der Waals surface area contributed by atoms with Crippen LogP contribution in [0.5, 0.6) is 0 Å². The molecule has 0 aliphatic carbocycles. The largest absolute Gasteiger partial charge is 0.389 e. The van der Waals surface area contributed by atoms with Gasteiger partial charge in [0.15, 0.2) is 0 Å². The summed E-state index contributed by atoms with van der Waals surface area (Å²) in [5.41, 5.74) is 0.844. The SMILES string of the molecule is COCCSc1ccc(C(C)O)cc1Cl. The molecule has 0 spiro atoms. The van der Waals surface area contributed by atoms with Crippen LogP contribution in [0.3, 0.4) is 0 Å². The van der Waals surface area contributed by atoms with E-state index < -0.39 is 6.10 Å². The van der Waals surface area contributed by atoms with Crippen molar-refractivity contribution in [3.8, 4) is 0 Å². The molecule has 4 heteroatoms. The van der Waals surface area contributed by atoms with Crippen molar-refractivity contribution in [3.63, 3.8) is 0 Å². The number of aliphatic hydroxyl groups is 1. The van der Waals surface area contributed by atoms with E-state index in [1.807, 2.05) is 12.1 Å². The first-order chi connectivity index (χ1) is 7.15. The fourth-order valence-corrected chi connectivity index (χ4v) is 2.31. The van der Waals surface area contributed by atoms with Crippen molar-refractivity contribution in [2.45, 2.75) is 17.9 Å². The number of halogens is 1. The Balaban J connectivity index is 2.66. The Hall–Kier alpha value is -0.220. The van der Waals surface area contributed by atoms with Gasteiger partial charge in [0.05, 0.1) is 17.7 Å². The maximum absolute atomic E-state index is 9.37. The molecule has 0 heterocycles. The average molecular weight is 247 g/mol. The molecular formula is C11H15ClO2S. The van der Waals surface area contributed by atoms with E-state index in [1.54, 1.807) is 31.9 Å². The quantitative estimate of drug-likeness (QED) is 0.639. The molecule has 2 nitrogen and oxygen atoms in total. The molecule has 1 unspecified atom stereocenters. The topological polar surface area (TPSA) is 29.5 Å². The monoisotopic (exact) mass is 246 g/mol. The molecule has 84 valence electrons. The molecule has 0 aliphatic heterocycles. The molecule has 0 saturated carbocycles. The lowest BCUT2D eigenvalue weighted by Gasteiger charge is -2.08. The summed E-state index contributed by atoms with van der Waals surface area (Å²) >= 11 is 7.73. The highest BCUT2D eigenvalue weighted by molar-refractivity contribution is 7.99. The molecule has 0 saturated heterocycles. The minimum atomic E-state index is -0.472. The van der Waals surface area contributed by atoms with E-state index in [1.165, 1.54) is 0 Å². The lowest BCUT2D eigenvalue weighted by Crippen LogP contribution is -1.93. The Morgan fingerprint density at radius 2 is 2.27 bits per heavy atom. The Morgan fingerprint density at radius 3 is 2.80 bits per heavy atom. The van der Waals surface area contributed by atoms with Crippen LogP contribution in [0, 0.1) is 0 Å². The van der Waals surface area contributed by atoms with Gasteiger partial charge in [0.1, 0.15) is 0 Å². The predicted octanol–water partition coefficient (Wildman–Crippen LogP) is 3.13. The van der Waals surface area contributed by atoms with Crippen LogP contribution < -0.4 is 0 Å². The summed E-state index contributed by atoms with van der Waals surface area (Å²) in [6.07, 6.45) is -0.472. The first kappa shape index (κ1) is 12.8. The van der Waals surface area contributed by atoms with Crippen molar-refractivity contribution in [2.75, 3.05) is 19.5 Å². The van der Waals surface area contributed by atoms with Crippen molar-refractivity contribution in [3.05, 3.63) is 28.8 Å². The van der Waals surface area contributed by atoms with Crippen LogP contribution in [-0.4, -0.2) is 24.6 Å². The molecule has 1 atom stereocenters. The third-order valence-corrected chi connectivity index (χ3v) is 3.45. The molecule has 1 rings (SSSR count).